The van der Waals surface area contributed by atoms with Crippen LogP contribution in [0.2, 0.25) is 0 Å². The molecule has 1 aliphatic heterocycles. The number of imidazole rings is 1. The van der Waals surface area contributed by atoms with Crippen molar-refractivity contribution in [1.29, 1.82) is 10.7 Å². The van der Waals surface area contributed by atoms with E-state index in [0.717, 1.165) is 52.3 Å². The Bertz CT molecular complexity index is 1220. The van der Waals surface area contributed by atoms with Gasteiger partial charge in [0.1, 0.15) is 11.7 Å². The van der Waals surface area contributed by atoms with Crippen molar-refractivity contribution in [3.05, 3.63) is 63.4 Å². The molecule has 0 radical (unpaired) electrons. The van der Waals surface area contributed by atoms with Crippen LogP contribution in [0.15, 0.2) is 40.9 Å². The van der Waals surface area contributed by atoms with Crippen LogP contribution in [-0.2, 0) is 5.41 Å². The van der Waals surface area contributed by atoms with Crippen LogP contribution in [0.3, 0.4) is 0 Å². The van der Waals surface area contributed by atoms with E-state index in [2.05, 4.69) is 57.9 Å². The number of nitrogens with zero attached hydrogens (tertiary/aromatic N) is 3. The molecule has 1 aliphatic carbocycles. The molecule has 0 spiro atoms. The first-order valence-electron chi connectivity index (χ1n) is 11.6. The highest BCUT2D eigenvalue weighted by Gasteiger charge is 2.61. The highest BCUT2D eigenvalue weighted by Crippen LogP contribution is 2.52. The number of aromatic amines is 1. The number of aromatic nitrogens is 2. The fraction of sp³-hybridized carbons (Fsp3) is 0.423. The fourth-order valence-corrected chi connectivity index (χ4v) is 6.57. The minimum absolute atomic E-state index is 0.232. The van der Waals surface area contributed by atoms with Gasteiger partial charge in [-0.25, -0.2) is 4.98 Å². The lowest BCUT2D eigenvalue weighted by Gasteiger charge is -2.36. The number of likely N-dealkylation sites (tertiary alicyclic amines) is 1. The average molecular weight is 523 g/mol. The molecule has 1 saturated heterocycles. The van der Waals surface area contributed by atoms with Crippen molar-refractivity contribution in [3.63, 3.8) is 0 Å². The first-order chi connectivity index (χ1) is 15.9. The van der Waals surface area contributed by atoms with Gasteiger partial charge in [-0.1, -0.05) is 47.3 Å². The molecule has 170 valence electrons. The van der Waals surface area contributed by atoms with E-state index >= 15 is 0 Å². The summed E-state index contributed by atoms with van der Waals surface area (Å²) in [5.74, 6) is 0.536. The molecular formula is C26H28BrN5S. The van der Waals surface area contributed by atoms with E-state index in [4.69, 9.17) is 17.6 Å². The number of hydrogen-bond acceptors (Lipinski definition) is 4. The molecule has 0 amide bonds. The van der Waals surface area contributed by atoms with Crippen LogP contribution < -0.4 is 0 Å². The Morgan fingerprint density at radius 3 is 2.48 bits per heavy atom. The van der Waals surface area contributed by atoms with Gasteiger partial charge in [0.15, 0.2) is 5.41 Å². The summed E-state index contributed by atoms with van der Waals surface area (Å²) in [5, 5.41) is 19.9. The minimum Gasteiger partial charge on any atom is -0.343 e. The number of hydrogen-bond donors (Lipinski definition) is 3. The molecule has 0 bridgehead atoms. The van der Waals surface area contributed by atoms with Crippen LogP contribution in [0, 0.1) is 30.6 Å². The van der Waals surface area contributed by atoms with Gasteiger partial charge in [0, 0.05) is 16.4 Å². The van der Waals surface area contributed by atoms with E-state index in [1.54, 1.807) is 0 Å². The standard InChI is InChI=1S/C26H28BrN5S/c1-15-12-20-21(13-16(15)2)31-25(30-20)26(14-28)22(17-8-10-18(27)11-9-17)23(33)32(24(26)29)19-6-4-3-5-7-19/h8-13,19,22-23,29,33H,3-7H2,1-2H3,(H,30,31). The number of nitriles is 1. The molecule has 5 nitrogen and oxygen atoms in total. The zero-order valence-electron chi connectivity index (χ0n) is 18.9. The molecule has 5 rings (SSSR count). The molecule has 33 heavy (non-hydrogen) atoms. The molecule has 3 atom stereocenters. The lowest BCUT2D eigenvalue weighted by atomic mass is 9.74. The van der Waals surface area contributed by atoms with E-state index < -0.39 is 5.41 Å². The Labute approximate surface area is 208 Å². The van der Waals surface area contributed by atoms with Gasteiger partial charge in [0.2, 0.25) is 0 Å². The van der Waals surface area contributed by atoms with Crippen LogP contribution in [0.25, 0.3) is 11.0 Å². The van der Waals surface area contributed by atoms with Gasteiger partial charge in [-0.3, -0.25) is 5.41 Å². The van der Waals surface area contributed by atoms with Gasteiger partial charge in [-0.05, 0) is 67.6 Å². The highest BCUT2D eigenvalue weighted by atomic mass is 79.9. The molecule has 2 fully saturated rings. The molecule has 2 N–H and O–H groups in total. The van der Waals surface area contributed by atoms with Crippen molar-refractivity contribution >= 4 is 45.4 Å². The normalized spacial score (nSPS) is 26.2. The average Bonchev–Trinajstić information content (AvgIpc) is 3.31. The van der Waals surface area contributed by atoms with Gasteiger partial charge >= 0.3 is 0 Å². The number of nitrogens with one attached hydrogen (secondary N) is 2. The van der Waals surface area contributed by atoms with Gasteiger partial charge in [0.25, 0.3) is 0 Å². The first kappa shape index (κ1) is 22.5. The second-order valence-corrected chi connectivity index (χ2v) is 10.9. The lowest BCUT2D eigenvalue weighted by Crippen LogP contribution is -2.44. The molecule has 2 heterocycles. The topological polar surface area (TPSA) is 79.6 Å². The smallest absolute Gasteiger partial charge is 0.181 e. The second kappa shape index (κ2) is 8.48. The molecule has 7 heteroatoms. The van der Waals surface area contributed by atoms with Gasteiger partial charge in [-0.15, -0.1) is 0 Å². The zero-order chi connectivity index (χ0) is 23.3. The summed E-state index contributed by atoms with van der Waals surface area (Å²) in [4.78, 5) is 10.5. The zero-order valence-corrected chi connectivity index (χ0v) is 21.4. The minimum atomic E-state index is -1.24. The largest absolute Gasteiger partial charge is 0.343 e. The van der Waals surface area contributed by atoms with Gasteiger partial charge in [0.05, 0.1) is 22.5 Å². The van der Waals surface area contributed by atoms with Crippen LogP contribution in [-0.4, -0.2) is 32.1 Å². The number of aryl methyl sites for hydroxylation is 2. The Morgan fingerprint density at radius 1 is 1.15 bits per heavy atom. The summed E-state index contributed by atoms with van der Waals surface area (Å²) in [6.07, 6.45) is 5.61. The molecule has 1 saturated carbocycles. The maximum absolute atomic E-state index is 10.8. The van der Waals surface area contributed by atoms with Crippen molar-refractivity contribution in [3.8, 4) is 6.07 Å². The quantitative estimate of drug-likeness (QED) is 0.350. The number of fused-ring (bicyclic) bond motifs is 1. The summed E-state index contributed by atoms with van der Waals surface area (Å²) < 4.78 is 0.983. The summed E-state index contributed by atoms with van der Waals surface area (Å²) in [6.45, 7) is 4.14. The van der Waals surface area contributed by atoms with Crippen molar-refractivity contribution in [2.75, 3.05) is 0 Å². The lowest BCUT2D eigenvalue weighted by molar-refractivity contribution is 0.238. The summed E-state index contributed by atoms with van der Waals surface area (Å²) >= 11 is 8.61. The van der Waals surface area contributed by atoms with E-state index in [0.29, 0.717) is 11.7 Å². The van der Waals surface area contributed by atoms with E-state index in [-0.39, 0.29) is 17.3 Å². The third kappa shape index (κ3) is 3.50. The Morgan fingerprint density at radius 2 is 1.82 bits per heavy atom. The van der Waals surface area contributed by atoms with Crippen LogP contribution in [0.5, 0.6) is 0 Å². The van der Waals surface area contributed by atoms with Gasteiger partial charge in [-0.2, -0.15) is 17.9 Å². The molecule has 2 aromatic carbocycles. The third-order valence-electron chi connectivity index (χ3n) is 7.53. The molecule has 2 aliphatic rings. The molecule has 1 aromatic heterocycles. The van der Waals surface area contributed by atoms with Crippen LogP contribution >= 0.6 is 28.6 Å². The van der Waals surface area contributed by atoms with E-state index in [1.165, 1.54) is 12.0 Å². The number of thiol groups is 1. The third-order valence-corrected chi connectivity index (χ3v) is 8.60. The predicted molar refractivity (Wildman–Crippen MR) is 139 cm³/mol. The summed E-state index contributed by atoms with van der Waals surface area (Å²) in [7, 11) is 0. The number of rotatable bonds is 3. The van der Waals surface area contributed by atoms with Crippen LogP contribution in [0.4, 0.5) is 0 Å². The number of amidine groups is 1. The monoisotopic (exact) mass is 521 g/mol. The first-order valence-corrected chi connectivity index (χ1v) is 12.9. The maximum atomic E-state index is 10.8. The molecule has 3 aromatic rings. The van der Waals surface area contributed by atoms with E-state index in [1.807, 2.05) is 24.3 Å². The molecule has 3 unspecified atom stereocenters. The predicted octanol–water partition coefficient (Wildman–Crippen LogP) is 6.37. The Kier molecular flexibility index (Phi) is 5.78. The van der Waals surface area contributed by atoms with E-state index in [9.17, 15) is 10.7 Å². The number of H-pyrrole nitrogens is 1. The molecular weight excluding hydrogens is 494 g/mol. The van der Waals surface area contributed by atoms with Crippen LogP contribution in [0.1, 0.15) is 60.5 Å². The number of benzene rings is 2. The summed E-state index contributed by atoms with van der Waals surface area (Å²) in [6, 6.07) is 15.0. The van der Waals surface area contributed by atoms with Crippen molar-refractivity contribution < 1.29 is 0 Å². The Balaban J connectivity index is 1.71. The van der Waals surface area contributed by atoms with Crippen molar-refractivity contribution in [1.82, 2.24) is 14.9 Å². The maximum Gasteiger partial charge on any atom is 0.181 e. The van der Waals surface area contributed by atoms with Gasteiger partial charge < -0.3 is 9.88 Å². The Hall–Kier alpha value is -2.30. The second-order valence-electron chi connectivity index (χ2n) is 9.45. The SMILES string of the molecule is Cc1cc2nc(C3(C#N)C(=N)N(C4CCCCC4)C(S)C3c3ccc(Br)cc3)[nH]c2cc1C. The highest BCUT2D eigenvalue weighted by molar-refractivity contribution is 9.10. The fourth-order valence-electron chi connectivity index (χ4n) is 5.61. The van der Waals surface area contributed by atoms with Crippen molar-refractivity contribution in [2.24, 2.45) is 0 Å². The van der Waals surface area contributed by atoms with Crippen molar-refractivity contribution in [2.45, 2.75) is 68.7 Å². The number of halogens is 1. The summed E-state index contributed by atoms with van der Waals surface area (Å²) in [5.41, 5.74) is 3.82.